The summed E-state index contributed by atoms with van der Waals surface area (Å²) in [4.78, 5) is 25.6. The van der Waals surface area contributed by atoms with Crippen LogP contribution in [-0.4, -0.2) is 61.4 Å². The van der Waals surface area contributed by atoms with Crippen molar-refractivity contribution in [2.45, 2.75) is 13.0 Å². The van der Waals surface area contributed by atoms with Gasteiger partial charge in [0.05, 0.1) is 0 Å². The lowest BCUT2D eigenvalue weighted by atomic mass is 10.1. The van der Waals surface area contributed by atoms with E-state index in [1.54, 1.807) is 23.7 Å². The zero-order valence-corrected chi connectivity index (χ0v) is 11.5. The third-order valence-corrected chi connectivity index (χ3v) is 3.75. The summed E-state index contributed by atoms with van der Waals surface area (Å²) in [5.41, 5.74) is 0. The number of nitrogens with one attached hydrogen (secondary N) is 2. The van der Waals surface area contributed by atoms with E-state index >= 15 is 0 Å². The van der Waals surface area contributed by atoms with Crippen LogP contribution < -0.4 is 10.6 Å². The van der Waals surface area contributed by atoms with E-state index in [4.69, 9.17) is 0 Å². The van der Waals surface area contributed by atoms with Gasteiger partial charge < -0.3 is 15.5 Å². The number of hydrogen-bond acceptors (Lipinski definition) is 4. The zero-order chi connectivity index (χ0) is 12.8. The molecule has 0 radical (unpaired) electrons. The molecule has 1 fully saturated rings. The topological polar surface area (TPSA) is 61.4 Å². The molecule has 2 amide bonds. The highest BCUT2D eigenvalue weighted by Gasteiger charge is 2.33. The Labute approximate surface area is 107 Å². The summed E-state index contributed by atoms with van der Waals surface area (Å²) in [7, 11) is 1.60. The number of nitrogens with zero attached hydrogens (tertiary/aromatic N) is 1. The fraction of sp³-hybridized carbons (Fsp3) is 0.818. The van der Waals surface area contributed by atoms with Crippen LogP contribution in [-0.2, 0) is 9.59 Å². The van der Waals surface area contributed by atoms with Gasteiger partial charge in [0.25, 0.3) is 0 Å². The van der Waals surface area contributed by atoms with Gasteiger partial charge >= 0.3 is 0 Å². The van der Waals surface area contributed by atoms with Crippen molar-refractivity contribution >= 4 is 23.6 Å². The van der Waals surface area contributed by atoms with Crippen LogP contribution in [0.1, 0.15) is 6.92 Å². The number of thioether (sulfide) groups is 1. The minimum atomic E-state index is -0.370. The van der Waals surface area contributed by atoms with Gasteiger partial charge in [0.1, 0.15) is 6.04 Å². The van der Waals surface area contributed by atoms with Gasteiger partial charge in [0.2, 0.25) is 11.8 Å². The summed E-state index contributed by atoms with van der Waals surface area (Å²) >= 11 is 1.65. The molecule has 2 atom stereocenters. The second kappa shape index (κ2) is 6.86. The van der Waals surface area contributed by atoms with Gasteiger partial charge in [-0.2, -0.15) is 11.8 Å². The summed E-state index contributed by atoms with van der Waals surface area (Å²) in [6.07, 6.45) is 1.98. The Morgan fingerprint density at radius 3 is 2.88 bits per heavy atom. The first kappa shape index (κ1) is 14.3. The van der Waals surface area contributed by atoms with Crippen LogP contribution >= 0.6 is 11.8 Å². The molecule has 1 saturated heterocycles. The van der Waals surface area contributed by atoms with E-state index in [9.17, 15) is 9.59 Å². The largest absolute Gasteiger partial charge is 0.357 e. The number of likely N-dealkylation sites (N-methyl/N-ethyl adjacent to an activating group) is 1. The summed E-state index contributed by atoms with van der Waals surface area (Å²) in [5.74, 6) is 0.745. The minimum absolute atomic E-state index is 0.0322. The predicted molar refractivity (Wildman–Crippen MR) is 70.0 cm³/mol. The molecule has 5 nitrogen and oxygen atoms in total. The van der Waals surface area contributed by atoms with Gasteiger partial charge in [0.15, 0.2) is 0 Å². The average molecular weight is 259 g/mol. The Kier molecular flexibility index (Phi) is 5.77. The van der Waals surface area contributed by atoms with Gasteiger partial charge in [-0.1, -0.05) is 6.92 Å². The molecular formula is C11H21N3O2S. The van der Waals surface area contributed by atoms with Crippen molar-refractivity contribution in [3.05, 3.63) is 0 Å². The van der Waals surface area contributed by atoms with E-state index in [1.165, 1.54) is 0 Å². The summed E-state index contributed by atoms with van der Waals surface area (Å²) in [6.45, 7) is 3.82. The predicted octanol–water partition coefficient (Wildman–Crippen LogP) is -0.468. The molecular weight excluding hydrogens is 238 g/mol. The van der Waals surface area contributed by atoms with Crippen molar-refractivity contribution in [1.82, 2.24) is 15.5 Å². The molecule has 1 aliphatic heterocycles. The molecule has 1 rings (SSSR count). The maximum absolute atomic E-state index is 12.2. The van der Waals surface area contributed by atoms with Crippen molar-refractivity contribution in [2.75, 3.05) is 38.7 Å². The molecule has 0 aromatic rings. The third kappa shape index (κ3) is 3.61. The van der Waals surface area contributed by atoms with Gasteiger partial charge in [-0.05, 0) is 6.26 Å². The summed E-state index contributed by atoms with van der Waals surface area (Å²) < 4.78 is 0. The number of carbonyl (C=O) groups is 2. The molecule has 1 heterocycles. The van der Waals surface area contributed by atoms with E-state index in [2.05, 4.69) is 10.6 Å². The van der Waals surface area contributed by atoms with Crippen molar-refractivity contribution < 1.29 is 9.59 Å². The van der Waals surface area contributed by atoms with Gasteiger partial charge in [-0.25, -0.2) is 0 Å². The molecule has 2 unspecified atom stereocenters. The monoisotopic (exact) mass is 259 g/mol. The Morgan fingerprint density at radius 1 is 1.59 bits per heavy atom. The van der Waals surface area contributed by atoms with Crippen LogP contribution in [0.5, 0.6) is 0 Å². The first-order valence-corrected chi connectivity index (χ1v) is 7.23. The van der Waals surface area contributed by atoms with Crippen LogP contribution in [0.15, 0.2) is 0 Å². The Hall–Kier alpha value is -0.750. The van der Waals surface area contributed by atoms with Crippen molar-refractivity contribution in [1.29, 1.82) is 0 Å². The molecule has 98 valence electrons. The number of piperazine rings is 1. The van der Waals surface area contributed by atoms with Gasteiger partial charge in [0, 0.05) is 38.4 Å². The van der Waals surface area contributed by atoms with Crippen LogP contribution in [0.25, 0.3) is 0 Å². The van der Waals surface area contributed by atoms with Crippen molar-refractivity contribution in [3.63, 3.8) is 0 Å². The number of carbonyl (C=O) groups excluding carboxylic acids is 2. The Bertz CT molecular complexity index is 286. The lowest BCUT2D eigenvalue weighted by Crippen LogP contribution is -2.60. The van der Waals surface area contributed by atoms with E-state index in [0.717, 1.165) is 12.3 Å². The first-order valence-electron chi connectivity index (χ1n) is 5.83. The quantitative estimate of drug-likeness (QED) is 0.717. The fourth-order valence-corrected chi connectivity index (χ4v) is 2.62. The molecule has 17 heavy (non-hydrogen) atoms. The smallest absolute Gasteiger partial charge is 0.243 e. The molecule has 0 aliphatic carbocycles. The van der Waals surface area contributed by atoms with Crippen molar-refractivity contribution in [2.24, 2.45) is 5.92 Å². The van der Waals surface area contributed by atoms with E-state index in [0.29, 0.717) is 13.1 Å². The van der Waals surface area contributed by atoms with Crippen molar-refractivity contribution in [3.8, 4) is 0 Å². The molecule has 0 bridgehead atoms. The molecule has 2 N–H and O–H groups in total. The van der Waals surface area contributed by atoms with Gasteiger partial charge in [-0.15, -0.1) is 0 Å². The highest BCUT2D eigenvalue weighted by atomic mass is 32.2. The van der Waals surface area contributed by atoms with E-state index < -0.39 is 0 Å². The van der Waals surface area contributed by atoms with Gasteiger partial charge in [-0.3, -0.25) is 9.59 Å². The van der Waals surface area contributed by atoms with Crippen LogP contribution in [0.3, 0.4) is 0 Å². The molecule has 6 heteroatoms. The second-order valence-electron chi connectivity index (χ2n) is 4.22. The maximum Gasteiger partial charge on any atom is 0.243 e. The summed E-state index contributed by atoms with van der Waals surface area (Å²) in [5, 5.41) is 5.76. The number of hydrogen-bond donors (Lipinski definition) is 2. The lowest BCUT2D eigenvalue weighted by Gasteiger charge is -2.36. The first-order chi connectivity index (χ1) is 8.11. The number of amides is 2. The fourth-order valence-electron chi connectivity index (χ4n) is 1.97. The van der Waals surface area contributed by atoms with Crippen LogP contribution in [0, 0.1) is 5.92 Å². The lowest BCUT2D eigenvalue weighted by molar-refractivity contribution is -0.143. The van der Waals surface area contributed by atoms with Crippen LogP contribution in [0.4, 0.5) is 0 Å². The van der Waals surface area contributed by atoms with E-state index in [-0.39, 0.29) is 23.8 Å². The standard InChI is InChI=1S/C11H21N3O2S/c1-8(7-17-3)11(16)14-5-4-13-6-9(14)10(15)12-2/h8-9,13H,4-7H2,1-3H3,(H,12,15). The zero-order valence-electron chi connectivity index (χ0n) is 10.7. The maximum atomic E-state index is 12.2. The minimum Gasteiger partial charge on any atom is -0.357 e. The Morgan fingerprint density at radius 2 is 2.29 bits per heavy atom. The molecule has 0 saturated carbocycles. The Balaban J connectivity index is 2.70. The summed E-state index contributed by atoms with van der Waals surface area (Å²) in [6, 6.07) is -0.370. The molecule has 0 aromatic heterocycles. The van der Waals surface area contributed by atoms with E-state index in [1.807, 2.05) is 13.2 Å². The molecule has 1 aliphatic rings. The van der Waals surface area contributed by atoms with Crippen LogP contribution in [0.2, 0.25) is 0 Å². The highest BCUT2D eigenvalue weighted by Crippen LogP contribution is 2.13. The normalized spacial score (nSPS) is 22.1. The molecule has 0 spiro atoms. The number of rotatable bonds is 4. The third-order valence-electron chi connectivity index (χ3n) is 2.91. The highest BCUT2D eigenvalue weighted by molar-refractivity contribution is 7.98. The average Bonchev–Trinajstić information content (AvgIpc) is 2.37. The SMILES string of the molecule is CNC(=O)C1CNCCN1C(=O)C(C)CSC. The second-order valence-corrected chi connectivity index (χ2v) is 5.13. The molecule has 0 aromatic carbocycles.